The van der Waals surface area contributed by atoms with Crippen molar-refractivity contribution in [2.75, 3.05) is 11.9 Å². The predicted molar refractivity (Wildman–Crippen MR) is 131 cm³/mol. The number of Topliss-reactive ketones (excluding diaryl/α,β-unsaturated/α-hetero) is 1. The van der Waals surface area contributed by atoms with E-state index in [9.17, 15) is 32.8 Å². The number of nitrogens with zero attached hydrogens (tertiary/aromatic N) is 1. The molecule has 2 aromatic rings. The number of anilines is 1. The second-order valence-corrected chi connectivity index (χ2v) is 9.30. The molecule has 3 rings (SSSR count). The minimum Gasteiger partial charge on any atom is -0.342 e. The van der Waals surface area contributed by atoms with Crippen molar-refractivity contribution in [3.63, 3.8) is 0 Å². The Balaban J connectivity index is 1.59. The highest BCUT2D eigenvalue weighted by Crippen LogP contribution is 2.25. The van der Waals surface area contributed by atoms with Crippen molar-refractivity contribution in [3.05, 3.63) is 65.7 Å². The standard InChI is InChI=1S/C27H29F2N3O5/c1-16(2)25(31-27(37)24-20(28)9-6-10-21(24)29)22(34)11-12-23(35)32-14-17(13-19(32)15-33)26(36)30-18-7-4-3-5-8-18/h3-10,15-17,19,25H,11-14H2,1-2H3,(H,30,36)(H,31,37)/t17-,19-,25?/m0/s1. The van der Waals surface area contributed by atoms with E-state index in [-0.39, 0.29) is 31.7 Å². The van der Waals surface area contributed by atoms with Crippen LogP contribution in [-0.2, 0) is 19.2 Å². The summed E-state index contributed by atoms with van der Waals surface area (Å²) < 4.78 is 27.9. The molecule has 2 aromatic carbocycles. The zero-order chi connectivity index (χ0) is 27.1. The number of hydrogen-bond donors (Lipinski definition) is 2. The molecular formula is C27H29F2N3O5. The van der Waals surface area contributed by atoms with E-state index >= 15 is 0 Å². The molecule has 1 saturated heterocycles. The van der Waals surface area contributed by atoms with Crippen LogP contribution in [0.25, 0.3) is 0 Å². The van der Waals surface area contributed by atoms with E-state index in [2.05, 4.69) is 10.6 Å². The van der Waals surface area contributed by atoms with E-state index in [0.717, 1.165) is 18.2 Å². The molecule has 3 amide bonds. The summed E-state index contributed by atoms with van der Waals surface area (Å²) in [5, 5.41) is 5.13. The maximum absolute atomic E-state index is 14.0. The fraction of sp³-hybridized carbons (Fsp3) is 0.370. The summed E-state index contributed by atoms with van der Waals surface area (Å²) in [6, 6.07) is 9.93. The maximum Gasteiger partial charge on any atom is 0.257 e. The lowest BCUT2D eigenvalue weighted by Crippen LogP contribution is -2.45. The Morgan fingerprint density at radius 2 is 1.65 bits per heavy atom. The van der Waals surface area contributed by atoms with Crippen LogP contribution in [-0.4, -0.2) is 53.3 Å². The van der Waals surface area contributed by atoms with Crippen LogP contribution in [0.3, 0.4) is 0 Å². The molecule has 0 radical (unpaired) electrons. The molecule has 0 saturated carbocycles. The normalized spacial score (nSPS) is 17.8. The van der Waals surface area contributed by atoms with Gasteiger partial charge in [0, 0.05) is 25.1 Å². The van der Waals surface area contributed by atoms with E-state index in [1.807, 2.05) is 6.07 Å². The number of likely N-dealkylation sites (tertiary alicyclic amines) is 1. The molecule has 2 N–H and O–H groups in total. The van der Waals surface area contributed by atoms with Gasteiger partial charge in [0.2, 0.25) is 11.8 Å². The van der Waals surface area contributed by atoms with Crippen molar-refractivity contribution in [2.45, 2.75) is 45.2 Å². The number of halogens is 2. The van der Waals surface area contributed by atoms with E-state index in [4.69, 9.17) is 0 Å². The van der Waals surface area contributed by atoms with E-state index in [1.165, 1.54) is 4.90 Å². The molecule has 3 atom stereocenters. The zero-order valence-corrected chi connectivity index (χ0v) is 20.6. The lowest BCUT2D eigenvalue weighted by Gasteiger charge is -2.23. The van der Waals surface area contributed by atoms with Crippen molar-refractivity contribution in [1.29, 1.82) is 0 Å². The number of ketones is 1. The Morgan fingerprint density at radius 1 is 1.00 bits per heavy atom. The fourth-order valence-electron chi connectivity index (χ4n) is 4.31. The van der Waals surface area contributed by atoms with Crippen LogP contribution >= 0.6 is 0 Å². The van der Waals surface area contributed by atoms with Crippen LogP contribution in [0.4, 0.5) is 14.5 Å². The fourth-order valence-corrected chi connectivity index (χ4v) is 4.31. The lowest BCUT2D eigenvalue weighted by molar-refractivity contribution is -0.136. The monoisotopic (exact) mass is 513 g/mol. The zero-order valence-electron chi connectivity index (χ0n) is 20.6. The van der Waals surface area contributed by atoms with Crippen molar-refractivity contribution >= 4 is 35.5 Å². The van der Waals surface area contributed by atoms with E-state index < -0.39 is 58.7 Å². The molecule has 1 aliphatic rings. The molecule has 1 heterocycles. The molecule has 0 bridgehead atoms. The number of hydrogen-bond acceptors (Lipinski definition) is 5. The van der Waals surface area contributed by atoms with Crippen molar-refractivity contribution < 1.29 is 32.8 Å². The Labute approximate surface area is 213 Å². The molecule has 10 heteroatoms. The van der Waals surface area contributed by atoms with Gasteiger partial charge >= 0.3 is 0 Å². The van der Waals surface area contributed by atoms with Gasteiger partial charge in [0.25, 0.3) is 5.91 Å². The van der Waals surface area contributed by atoms with Crippen LogP contribution in [0.1, 0.15) is 43.5 Å². The molecular weight excluding hydrogens is 484 g/mol. The molecule has 1 fully saturated rings. The third-order valence-corrected chi connectivity index (χ3v) is 6.31. The van der Waals surface area contributed by atoms with Crippen LogP contribution in [0.2, 0.25) is 0 Å². The summed E-state index contributed by atoms with van der Waals surface area (Å²) in [5.41, 5.74) is -0.190. The third kappa shape index (κ3) is 6.84. The third-order valence-electron chi connectivity index (χ3n) is 6.31. The highest BCUT2D eigenvalue weighted by atomic mass is 19.1. The SMILES string of the molecule is CC(C)C(NC(=O)c1c(F)cccc1F)C(=O)CCC(=O)N1C[C@@H](C(=O)Nc2ccccc2)C[C@H]1C=O. The quantitative estimate of drug-likeness (QED) is 0.474. The molecule has 1 unspecified atom stereocenters. The molecule has 8 nitrogen and oxygen atoms in total. The van der Waals surface area contributed by atoms with Gasteiger partial charge in [0.1, 0.15) is 23.5 Å². The number of carbonyl (C=O) groups excluding carboxylic acids is 5. The summed E-state index contributed by atoms with van der Waals surface area (Å²) in [6.45, 7) is 3.34. The number of para-hydroxylation sites is 1. The Morgan fingerprint density at radius 3 is 2.24 bits per heavy atom. The summed E-state index contributed by atoms with van der Waals surface area (Å²) in [7, 11) is 0. The van der Waals surface area contributed by atoms with Gasteiger partial charge in [-0.05, 0) is 36.6 Å². The number of carbonyl (C=O) groups is 5. The maximum atomic E-state index is 14.0. The molecule has 0 spiro atoms. The van der Waals surface area contributed by atoms with Gasteiger partial charge < -0.3 is 20.3 Å². The van der Waals surface area contributed by atoms with Crippen LogP contribution in [0.5, 0.6) is 0 Å². The first kappa shape index (κ1) is 27.6. The molecule has 37 heavy (non-hydrogen) atoms. The topological polar surface area (TPSA) is 113 Å². The number of nitrogens with one attached hydrogen (secondary N) is 2. The van der Waals surface area contributed by atoms with Crippen LogP contribution in [0.15, 0.2) is 48.5 Å². The van der Waals surface area contributed by atoms with Gasteiger partial charge in [0.15, 0.2) is 5.78 Å². The first-order valence-corrected chi connectivity index (χ1v) is 12.0. The predicted octanol–water partition coefficient (Wildman–Crippen LogP) is 3.12. The van der Waals surface area contributed by atoms with Crippen molar-refractivity contribution in [1.82, 2.24) is 10.2 Å². The lowest BCUT2D eigenvalue weighted by atomic mass is 9.96. The van der Waals surface area contributed by atoms with Crippen LogP contribution < -0.4 is 10.6 Å². The van der Waals surface area contributed by atoms with Gasteiger partial charge in [-0.3, -0.25) is 19.2 Å². The number of benzene rings is 2. The van der Waals surface area contributed by atoms with Gasteiger partial charge in [-0.2, -0.15) is 0 Å². The highest BCUT2D eigenvalue weighted by molar-refractivity contribution is 5.99. The Hall–Kier alpha value is -3.95. The average molecular weight is 514 g/mol. The highest BCUT2D eigenvalue weighted by Gasteiger charge is 2.38. The summed E-state index contributed by atoms with van der Waals surface area (Å²) >= 11 is 0. The first-order valence-electron chi connectivity index (χ1n) is 12.0. The number of rotatable bonds is 10. The Kier molecular flexibility index (Phi) is 9.21. The van der Waals surface area contributed by atoms with E-state index in [1.54, 1.807) is 38.1 Å². The smallest absolute Gasteiger partial charge is 0.257 e. The van der Waals surface area contributed by atoms with Gasteiger partial charge in [-0.15, -0.1) is 0 Å². The molecule has 0 aromatic heterocycles. The average Bonchev–Trinajstić information content (AvgIpc) is 3.31. The molecule has 0 aliphatic carbocycles. The van der Waals surface area contributed by atoms with Gasteiger partial charge in [-0.25, -0.2) is 8.78 Å². The molecule has 1 aliphatic heterocycles. The summed E-state index contributed by atoms with van der Waals surface area (Å²) in [4.78, 5) is 63.7. The molecule has 196 valence electrons. The van der Waals surface area contributed by atoms with Crippen LogP contribution in [0, 0.1) is 23.5 Å². The number of aldehydes is 1. The van der Waals surface area contributed by atoms with E-state index in [0.29, 0.717) is 12.0 Å². The number of amides is 3. The minimum atomic E-state index is -1.08. The minimum absolute atomic E-state index is 0.0337. The van der Waals surface area contributed by atoms with Crippen molar-refractivity contribution in [3.8, 4) is 0 Å². The van der Waals surface area contributed by atoms with Crippen molar-refractivity contribution in [2.24, 2.45) is 11.8 Å². The summed E-state index contributed by atoms with van der Waals surface area (Å²) in [5.74, 6) is -5.46. The second kappa shape index (κ2) is 12.3. The summed E-state index contributed by atoms with van der Waals surface area (Å²) in [6.07, 6.45) is 0.268. The largest absolute Gasteiger partial charge is 0.342 e. The first-order chi connectivity index (χ1) is 17.6. The van der Waals surface area contributed by atoms with Gasteiger partial charge in [-0.1, -0.05) is 38.1 Å². The second-order valence-electron chi connectivity index (χ2n) is 9.30. The Bertz CT molecular complexity index is 1150. The van der Waals surface area contributed by atoms with Gasteiger partial charge in [0.05, 0.1) is 18.0 Å².